The van der Waals surface area contributed by atoms with E-state index in [1.165, 1.54) is 6.07 Å². The fourth-order valence-corrected chi connectivity index (χ4v) is 1.94. The fraction of sp³-hybridized carbons (Fsp3) is 0.235. The molecule has 6 heteroatoms. The van der Waals surface area contributed by atoms with E-state index in [1.807, 2.05) is 44.2 Å². The lowest BCUT2D eigenvalue weighted by Crippen LogP contribution is -2.17. The number of carbonyl (C=O) groups is 1. The van der Waals surface area contributed by atoms with E-state index < -0.39 is 4.92 Å². The summed E-state index contributed by atoms with van der Waals surface area (Å²) in [5, 5.41) is 16.8. The maximum Gasteiger partial charge on any atom is 0.269 e. The summed E-state index contributed by atoms with van der Waals surface area (Å²) in [6.45, 7) is 4.16. The molecule has 0 aliphatic heterocycles. The number of hydrogen-bond acceptors (Lipinski definition) is 4. The third kappa shape index (κ3) is 4.81. The zero-order valence-electron chi connectivity index (χ0n) is 13.1. The van der Waals surface area contributed by atoms with Crippen LogP contribution in [0.5, 0.6) is 0 Å². The number of hydrogen-bond donors (Lipinski definition) is 2. The quantitative estimate of drug-likeness (QED) is 0.627. The highest BCUT2D eigenvalue weighted by Crippen LogP contribution is 2.17. The Bertz CT molecular complexity index is 696. The van der Waals surface area contributed by atoms with Gasteiger partial charge in [0.1, 0.15) is 0 Å². The lowest BCUT2D eigenvalue weighted by atomic mass is 10.2. The van der Waals surface area contributed by atoms with Crippen LogP contribution in [-0.2, 0) is 11.3 Å². The zero-order chi connectivity index (χ0) is 16.8. The molecule has 0 fully saturated rings. The predicted octanol–water partition coefficient (Wildman–Crippen LogP) is 3.80. The third-order valence-corrected chi connectivity index (χ3v) is 3.29. The maximum absolute atomic E-state index is 11.6. The number of benzene rings is 2. The summed E-state index contributed by atoms with van der Waals surface area (Å²) in [5.41, 5.74) is 2.52. The van der Waals surface area contributed by atoms with Crippen molar-refractivity contribution in [1.29, 1.82) is 0 Å². The smallest absolute Gasteiger partial charge is 0.269 e. The van der Waals surface area contributed by atoms with Gasteiger partial charge >= 0.3 is 0 Å². The van der Waals surface area contributed by atoms with Crippen molar-refractivity contribution in [2.75, 3.05) is 10.6 Å². The Morgan fingerprint density at radius 1 is 1.13 bits per heavy atom. The Morgan fingerprint density at radius 3 is 2.39 bits per heavy atom. The first-order valence-electron chi connectivity index (χ1n) is 7.34. The average Bonchev–Trinajstić information content (AvgIpc) is 2.54. The molecular formula is C17H19N3O3. The van der Waals surface area contributed by atoms with E-state index in [0.29, 0.717) is 6.54 Å². The van der Waals surface area contributed by atoms with Gasteiger partial charge in [-0.25, -0.2) is 0 Å². The molecule has 0 aliphatic rings. The normalized spacial score (nSPS) is 10.4. The van der Waals surface area contributed by atoms with Crippen LogP contribution in [0.1, 0.15) is 19.4 Å². The van der Waals surface area contributed by atoms with Crippen LogP contribution in [0.25, 0.3) is 0 Å². The van der Waals surface area contributed by atoms with Crippen LogP contribution in [0.15, 0.2) is 48.5 Å². The zero-order valence-corrected chi connectivity index (χ0v) is 13.1. The van der Waals surface area contributed by atoms with Crippen molar-refractivity contribution in [3.63, 3.8) is 0 Å². The molecule has 0 saturated heterocycles. The lowest BCUT2D eigenvalue weighted by molar-refractivity contribution is -0.384. The lowest BCUT2D eigenvalue weighted by Gasteiger charge is -2.10. The van der Waals surface area contributed by atoms with Gasteiger partial charge in [-0.2, -0.15) is 0 Å². The summed E-state index contributed by atoms with van der Waals surface area (Å²) in [6, 6.07) is 13.9. The molecule has 0 heterocycles. The largest absolute Gasteiger partial charge is 0.381 e. The Hall–Kier alpha value is -2.89. The Kier molecular flexibility index (Phi) is 5.30. The molecule has 0 aromatic heterocycles. The van der Waals surface area contributed by atoms with Gasteiger partial charge in [0.15, 0.2) is 0 Å². The summed E-state index contributed by atoms with van der Waals surface area (Å²) >= 11 is 0. The molecule has 0 atom stereocenters. The second-order valence-electron chi connectivity index (χ2n) is 5.50. The monoisotopic (exact) mass is 313 g/mol. The highest BCUT2D eigenvalue weighted by atomic mass is 16.6. The van der Waals surface area contributed by atoms with E-state index in [1.54, 1.807) is 12.1 Å². The second-order valence-corrected chi connectivity index (χ2v) is 5.50. The number of carbonyl (C=O) groups excluding carboxylic acids is 1. The molecule has 120 valence electrons. The number of nitro benzene ring substituents is 1. The summed E-state index contributed by atoms with van der Waals surface area (Å²) in [4.78, 5) is 22.0. The number of non-ortho nitro benzene ring substituents is 1. The average molecular weight is 313 g/mol. The van der Waals surface area contributed by atoms with Gasteiger partial charge < -0.3 is 10.6 Å². The number of amides is 1. The van der Waals surface area contributed by atoms with E-state index in [-0.39, 0.29) is 17.5 Å². The standard InChI is InChI=1S/C17H19N3O3/c1-12(2)17(21)19-15-8-6-14(7-9-15)18-11-13-4-3-5-16(10-13)20(22)23/h3-10,12,18H,11H2,1-2H3,(H,19,21). The van der Waals surface area contributed by atoms with Crippen molar-refractivity contribution >= 4 is 23.0 Å². The minimum absolute atomic E-state index is 0.0256. The molecule has 0 unspecified atom stereocenters. The summed E-state index contributed by atoms with van der Waals surface area (Å²) in [6.07, 6.45) is 0. The SMILES string of the molecule is CC(C)C(=O)Nc1ccc(NCc2cccc([N+](=O)[O-])c2)cc1. The van der Waals surface area contributed by atoms with Crippen molar-refractivity contribution in [2.45, 2.75) is 20.4 Å². The molecule has 0 radical (unpaired) electrons. The summed E-state index contributed by atoms with van der Waals surface area (Å²) < 4.78 is 0. The van der Waals surface area contributed by atoms with Crippen molar-refractivity contribution in [3.05, 3.63) is 64.2 Å². The number of nitrogens with one attached hydrogen (secondary N) is 2. The van der Waals surface area contributed by atoms with Crippen LogP contribution in [-0.4, -0.2) is 10.8 Å². The molecule has 0 aliphatic carbocycles. The summed E-state index contributed by atoms with van der Waals surface area (Å²) in [7, 11) is 0. The molecule has 2 aromatic carbocycles. The first kappa shape index (κ1) is 16.5. The van der Waals surface area contributed by atoms with E-state index in [9.17, 15) is 14.9 Å². The molecule has 23 heavy (non-hydrogen) atoms. The predicted molar refractivity (Wildman–Crippen MR) is 90.3 cm³/mol. The molecule has 0 bridgehead atoms. The molecule has 2 N–H and O–H groups in total. The van der Waals surface area contributed by atoms with Crippen LogP contribution < -0.4 is 10.6 Å². The van der Waals surface area contributed by atoms with Gasteiger partial charge in [0.2, 0.25) is 5.91 Å². The van der Waals surface area contributed by atoms with Crippen molar-refractivity contribution in [2.24, 2.45) is 5.92 Å². The number of nitrogens with zero attached hydrogens (tertiary/aromatic N) is 1. The second kappa shape index (κ2) is 7.40. The summed E-state index contributed by atoms with van der Waals surface area (Å²) in [5.74, 6) is -0.0935. The Labute approximate surface area is 134 Å². The van der Waals surface area contributed by atoms with Crippen molar-refractivity contribution < 1.29 is 9.72 Å². The molecule has 0 spiro atoms. The Balaban J connectivity index is 1.95. The van der Waals surface area contributed by atoms with E-state index in [2.05, 4.69) is 10.6 Å². The molecule has 0 saturated carbocycles. The highest BCUT2D eigenvalue weighted by Gasteiger charge is 2.07. The van der Waals surface area contributed by atoms with Gasteiger partial charge in [-0.3, -0.25) is 14.9 Å². The minimum Gasteiger partial charge on any atom is -0.381 e. The number of anilines is 2. The molecular weight excluding hydrogens is 294 g/mol. The minimum atomic E-state index is -0.407. The van der Waals surface area contributed by atoms with Gasteiger partial charge in [-0.15, -0.1) is 0 Å². The molecule has 2 rings (SSSR count). The number of nitro groups is 1. The fourth-order valence-electron chi connectivity index (χ4n) is 1.94. The molecule has 6 nitrogen and oxygen atoms in total. The van der Waals surface area contributed by atoms with Gasteiger partial charge in [-0.1, -0.05) is 26.0 Å². The van der Waals surface area contributed by atoms with E-state index in [0.717, 1.165) is 16.9 Å². The van der Waals surface area contributed by atoms with Gasteiger partial charge in [-0.05, 0) is 29.8 Å². The van der Waals surface area contributed by atoms with Crippen LogP contribution in [0.4, 0.5) is 17.1 Å². The van der Waals surface area contributed by atoms with E-state index >= 15 is 0 Å². The topological polar surface area (TPSA) is 84.3 Å². The van der Waals surface area contributed by atoms with Crippen LogP contribution in [0.3, 0.4) is 0 Å². The first-order chi connectivity index (χ1) is 11.0. The van der Waals surface area contributed by atoms with Gasteiger partial charge in [0, 0.05) is 36.0 Å². The van der Waals surface area contributed by atoms with Crippen LogP contribution >= 0.6 is 0 Å². The third-order valence-electron chi connectivity index (χ3n) is 3.29. The number of rotatable bonds is 6. The van der Waals surface area contributed by atoms with Crippen LogP contribution in [0, 0.1) is 16.0 Å². The van der Waals surface area contributed by atoms with Crippen molar-refractivity contribution in [1.82, 2.24) is 0 Å². The Morgan fingerprint density at radius 2 is 1.78 bits per heavy atom. The molecule has 2 aromatic rings. The van der Waals surface area contributed by atoms with Gasteiger partial charge in [0.05, 0.1) is 4.92 Å². The first-order valence-corrected chi connectivity index (χ1v) is 7.34. The van der Waals surface area contributed by atoms with Crippen LogP contribution in [0.2, 0.25) is 0 Å². The maximum atomic E-state index is 11.6. The highest BCUT2D eigenvalue weighted by molar-refractivity contribution is 5.92. The van der Waals surface area contributed by atoms with E-state index in [4.69, 9.17) is 0 Å². The molecule has 1 amide bonds. The van der Waals surface area contributed by atoms with Gasteiger partial charge in [0.25, 0.3) is 5.69 Å². The van der Waals surface area contributed by atoms with Crippen molar-refractivity contribution in [3.8, 4) is 0 Å².